The fourth-order valence-corrected chi connectivity index (χ4v) is 10.0. The van der Waals surface area contributed by atoms with Crippen molar-refractivity contribution in [2.24, 2.45) is 46.3 Å². The monoisotopic (exact) mass is 630 g/mol. The predicted octanol–water partition coefficient (Wildman–Crippen LogP) is -3.96. The van der Waals surface area contributed by atoms with Crippen molar-refractivity contribution >= 4 is 10.4 Å². The van der Waals surface area contributed by atoms with Gasteiger partial charge in [-0.3, -0.25) is 4.18 Å². The fraction of sp³-hybridized carbons (Fsp3) is 0.929. The van der Waals surface area contributed by atoms with E-state index in [1.165, 1.54) is 6.92 Å². The zero-order valence-electron chi connectivity index (χ0n) is 25.2. The van der Waals surface area contributed by atoms with E-state index in [9.17, 15) is 53.8 Å². The summed E-state index contributed by atoms with van der Waals surface area (Å²) in [6.45, 7) is 8.10. The van der Waals surface area contributed by atoms with Crippen LogP contribution in [-0.2, 0) is 14.6 Å². The summed E-state index contributed by atoms with van der Waals surface area (Å²) in [7, 11) is -5.43. The van der Waals surface area contributed by atoms with Crippen molar-refractivity contribution in [3.05, 3.63) is 12.2 Å². The van der Waals surface area contributed by atoms with Crippen LogP contribution < -0.4 is 29.6 Å². The van der Waals surface area contributed by atoms with E-state index < -0.39 is 111 Å². The van der Waals surface area contributed by atoms with Crippen molar-refractivity contribution in [3.63, 3.8) is 0 Å². The third kappa shape index (κ3) is 5.61. The molecule has 4 aliphatic rings. The van der Waals surface area contributed by atoms with Crippen LogP contribution in [0.25, 0.3) is 0 Å². The Morgan fingerprint density at radius 1 is 1.00 bits per heavy atom. The molecule has 0 amide bonds. The average Bonchev–Trinajstić information content (AvgIpc) is 3.07. The van der Waals surface area contributed by atoms with E-state index >= 15 is 0 Å². The summed E-state index contributed by atoms with van der Waals surface area (Å²) in [4.78, 5) is 0. The summed E-state index contributed by atoms with van der Waals surface area (Å²) in [6.07, 6.45) is -5.09. The van der Waals surface area contributed by atoms with Gasteiger partial charge < -0.3 is 45.4 Å². The summed E-state index contributed by atoms with van der Waals surface area (Å²) < 4.78 is 40.2. The molecule has 0 heterocycles. The SMILES string of the molecule is C[C@H](/C=C/[C@@H](C)[C@@](C)(O)CO)[C@H]1[C@@H](O)[C@@H](O)C2[C@@]3(O)C(CC[C@@]21C)[C@@]1(C)CC[C@H](O)[C@H](O)C1[C@@H](OS(=O)(=O)[O-])[C@H]3O.[Na+]. The van der Waals surface area contributed by atoms with Gasteiger partial charge in [-0.15, -0.1) is 0 Å². The first-order chi connectivity index (χ1) is 18.7. The zero-order chi connectivity index (χ0) is 31.1. The number of hydrogen-bond acceptors (Lipinski definition) is 12. The van der Waals surface area contributed by atoms with Gasteiger partial charge in [0, 0.05) is 17.8 Å². The Bertz CT molecular complexity index is 1120. The first-order valence-corrected chi connectivity index (χ1v) is 15.8. The van der Waals surface area contributed by atoms with Gasteiger partial charge in [-0.05, 0) is 61.2 Å². The van der Waals surface area contributed by atoms with Crippen LogP contribution in [0.4, 0.5) is 0 Å². The van der Waals surface area contributed by atoms with Crippen LogP contribution in [0.5, 0.6) is 0 Å². The molecule has 4 aliphatic carbocycles. The maximum atomic E-state index is 12.5. The molecule has 14 heteroatoms. The van der Waals surface area contributed by atoms with Crippen LogP contribution in [0.2, 0.25) is 0 Å². The summed E-state index contributed by atoms with van der Waals surface area (Å²) >= 11 is 0. The summed E-state index contributed by atoms with van der Waals surface area (Å²) in [5, 5.41) is 88.4. The quantitative estimate of drug-likeness (QED) is 0.0583. The standard InChI is InChI=1S/C28H48O12S.Na/c1-13(6-7-14(2)27(5,35)12-29)17-20(32)21(33)23-26(17,4)11-9-16-25(3)10-8-15(30)19(31)18(25)22(40-41(37,38)39)24(34)28(16,23)36;/h6-7,13-24,29-36H,8-12H2,1-5H3,(H,37,38,39);/q;+1/p-1/b7-6+;/t13-,14-,15+,16?,17+,18?,19+,20-,21-,22-,23?,24-,25-,26-,27+,28+;/m1./s1. The van der Waals surface area contributed by atoms with Crippen molar-refractivity contribution in [3.8, 4) is 0 Å². The van der Waals surface area contributed by atoms with Crippen molar-refractivity contribution in [1.29, 1.82) is 0 Å². The Morgan fingerprint density at radius 2 is 1.57 bits per heavy atom. The van der Waals surface area contributed by atoms with Gasteiger partial charge in [0.25, 0.3) is 0 Å². The fourth-order valence-electron chi connectivity index (χ4n) is 9.51. The van der Waals surface area contributed by atoms with Gasteiger partial charge >= 0.3 is 29.6 Å². The van der Waals surface area contributed by atoms with Gasteiger partial charge in [-0.1, -0.05) is 39.8 Å². The van der Waals surface area contributed by atoms with E-state index in [1.807, 2.05) is 6.92 Å². The smallest absolute Gasteiger partial charge is 0.726 e. The van der Waals surface area contributed by atoms with Gasteiger partial charge in [-0.2, -0.15) is 0 Å². The normalized spacial score (nSPS) is 50.1. The number of hydrogen-bond donors (Lipinski definition) is 8. The Labute approximate surface area is 270 Å². The minimum absolute atomic E-state index is 0. The van der Waals surface area contributed by atoms with Crippen LogP contribution in [0.15, 0.2) is 12.2 Å². The van der Waals surface area contributed by atoms with E-state index in [0.717, 1.165) is 0 Å². The van der Waals surface area contributed by atoms with Crippen LogP contribution in [-0.4, -0.2) is 108 Å². The molecule has 238 valence electrons. The first-order valence-electron chi connectivity index (χ1n) is 14.5. The summed E-state index contributed by atoms with van der Waals surface area (Å²) in [5.74, 6) is -4.64. The Hall–Kier alpha value is 0.290. The molecular formula is C28H47NaO12S. The minimum atomic E-state index is -5.43. The van der Waals surface area contributed by atoms with Crippen molar-refractivity contribution < 1.29 is 87.6 Å². The second-order valence-electron chi connectivity index (χ2n) is 14.1. The molecule has 12 nitrogen and oxygen atoms in total. The van der Waals surface area contributed by atoms with E-state index in [1.54, 1.807) is 32.9 Å². The van der Waals surface area contributed by atoms with Crippen LogP contribution in [0, 0.1) is 46.3 Å². The van der Waals surface area contributed by atoms with Crippen LogP contribution in [0.1, 0.15) is 60.3 Å². The molecule has 4 fully saturated rings. The largest absolute Gasteiger partial charge is 1.00 e. The molecule has 16 atom stereocenters. The van der Waals surface area contributed by atoms with E-state index in [4.69, 9.17) is 4.18 Å². The molecule has 0 aliphatic heterocycles. The molecule has 0 aromatic carbocycles. The number of aliphatic hydroxyl groups excluding tert-OH is 6. The van der Waals surface area contributed by atoms with Gasteiger partial charge in [-0.25, -0.2) is 8.42 Å². The molecule has 0 radical (unpaired) electrons. The molecule has 0 bridgehead atoms. The van der Waals surface area contributed by atoms with E-state index in [-0.39, 0.29) is 48.8 Å². The van der Waals surface area contributed by atoms with Crippen molar-refractivity contribution in [2.75, 3.05) is 6.61 Å². The molecule has 4 rings (SSSR count). The molecule has 0 aromatic heterocycles. The molecule has 3 unspecified atom stereocenters. The second-order valence-corrected chi connectivity index (χ2v) is 15.1. The van der Waals surface area contributed by atoms with Gasteiger partial charge in [0.2, 0.25) is 10.4 Å². The molecule has 42 heavy (non-hydrogen) atoms. The summed E-state index contributed by atoms with van der Waals surface area (Å²) in [5.41, 5.74) is -5.67. The number of allylic oxidation sites excluding steroid dienone is 1. The molecule has 0 aromatic rings. The third-order valence-electron chi connectivity index (χ3n) is 11.8. The summed E-state index contributed by atoms with van der Waals surface area (Å²) in [6, 6.07) is 0. The van der Waals surface area contributed by atoms with Gasteiger partial charge in [0.05, 0.1) is 36.6 Å². The third-order valence-corrected chi connectivity index (χ3v) is 12.3. The molecule has 4 saturated carbocycles. The molecular weight excluding hydrogens is 583 g/mol. The first kappa shape index (κ1) is 36.8. The maximum Gasteiger partial charge on any atom is 1.00 e. The van der Waals surface area contributed by atoms with Gasteiger partial charge in [0.15, 0.2) is 0 Å². The van der Waals surface area contributed by atoms with E-state index in [0.29, 0.717) is 6.42 Å². The molecule has 8 N–H and O–H groups in total. The van der Waals surface area contributed by atoms with E-state index in [2.05, 4.69) is 0 Å². The average molecular weight is 631 g/mol. The molecule has 0 spiro atoms. The second kappa shape index (κ2) is 12.1. The van der Waals surface area contributed by atoms with Crippen molar-refractivity contribution in [2.45, 2.75) is 108 Å². The zero-order valence-corrected chi connectivity index (χ0v) is 28.1. The van der Waals surface area contributed by atoms with Crippen molar-refractivity contribution in [1.82, 2.24) is 0 Å². The Balaban J connectivity index is 0.00000484. The Morgan fingerprint density at radius 3 is 2.12 bits per heavy atom. The van der Waals surface area contributed by atoms with Gasteiger partial charge in [0.1, 0.15) is 17.8 Å². The number of rotatable bonds is 7. The molecule has 0 saturated heterocycles. The van der Waals surface area contributed by atoms with Crippen LogP contribution in [0.3, 0.4) is 0 Å². The predicted molar refractivity (Wildman–Crippen MR) is 143 cm³/mol. The number of aliphatic hydroxyl groups is 8. The Kier molecular flexibility index (Phi) is 10.6. The van der Waals surface area contributed by atoms with Crippen LogP contribution >= 0.6 is 0 Å². The topological polar surface area (TPSA) is 228 Å². The maximum absolute atomic E-state index is 12.5. The number of fused-ring (bicyclic) bond motifs is 5. The minimum Gasteiger partial charge on any atom is -0.726 e.